The number of halogens is 2. The van der Waals surface area contributed by atoms with E-state index in [0.717, 1.165) is 11.3 Å². The van der Waals surface area contributed by atoms with Gasteiger partial charge in [-0.15, -0.1) is 0 Å². The molecule has 0 spiro atoms. The van der Waals surface area contributed by atoms with Crippen LogP contribution in [-0.2, 0) is 0 Å². The standard InChI is InChI=1S/C22H14Cl2N2O/c23-16-12-10-15(19(24)14-16)11-13-21-25-20-9-5-4-8-18(20)22(27)26(21)17-6-2-1-3-7-17/h1-14H/b13-11+. The molecule has 0 aliphatic carbocycles. The highest BCUT2D eigenvalue weighted by atomic mass is 35.5. The average Bonchev–Trinajstić information content (AvgIpc) is 2.68. The van der Waals surface area contributed by atoms with Crippen LogP contribution in [0.25, 0.3) is 28.7 Å². The van der Waals surface area contributed by atoms with Crippen molar-refractivity contribution in [3.63, 3.8) is 0 Å². The second-order valence-corrected chi connectivity index (χ2v) is 6.81. The lowest BCUT2D eigenvalue weighted by Crippen LogP contribution is -2.22. The van der Waals surface area contributed by atoms with Crippen molar-refractivity contribution in [2.75, 3.05) is 0 Å². The Morgan fingerprint density at radius 3 is 2.37 bits per heavy atom. The van der Waals surface area contributed by atoms with Gasteiger partial charge in [0.05, 0.1) is 16.6 Å². The maximum atomic E-state index is 13.1. The van der Waals surface area contributed by atoms with E-state index in [2.05, 4.69) is 4.98 Å². The third-order valence-electron chi connectivity index (χ3n) is 4.19. The number of fused-ring (bicyclic) bond motifs is 1. The Bertz CT molecular complexity index is 1210. The van der Waals surface area contributed by atoms with Crippen molar-refractivity contribution in [3.8, 4) is 5.69 Å². The molecule has 4 rings (SSSR count). The highest BCUT2D eigenvalue weighted by Crippen LogP contribution is 2.23. The van der Waals surface area contributed by atoms with E-state index in [4.69, 9.17) is 23.2 Å². The summed E-state index contributed by atoms with van der Waals surface area (Å²) < 4.78 is 1.60. The number of aromatic nitrogens is 2. The van der Waals surface area contributed by atoms with Crippen molar-refractivity contribution < 1.29 is 0 Å². The van der Waals surface area contributed by atoms with Crippen molar-refractivity contribution in [2.24, 2.45) is 0 Å². The van der Waals surface area contributed by atoms with Gasteiger partial charge in [0.15, 0.2) is 0 Å². The summed E-state index contributed by atoms with van der Waals surface area (Å²) in [5.41, 5.74) is 2.08. The molecule has 0 fully saturated rings. The van der Waals surface area contributed by atoms with Crippen molar-refractivity contribution >= 4 is 46.3 Å². The van der Waals surface area contributed by atoms with Gasteiger partial charge in [-0.25, -0.2) is 4.98 Å². The van der Waals surface area contributed by atoms with Gasteiger partial charge < -0.3 is 0 Å². The monoisotopic (exact) mass is 392 g/mol. The molecule has 27 heavy (non-hydrogen) atoms. The second-order valence-electron chi connectivity index (χ2n) is 5.96. The smallest absolute Gasteiger partial charge is 0.266 e. The molecule has 0 aliphatic heterocycles. The van der Waals surface area contributed by atoms with Gasteiger partial charge >= 0.3 is 0 Å². The first kappa shape index (κ1) is 17.5. The molecule has 0 amide bonds. The molecule has 0 unspecified atom stereocenters. The van der Waals surface area contributed by atoms with Gasteiger partial charge in [-0.05, 0) is 54.1 Å². The number of para-hydroxylation sites is 2. The molecule has 132 valence electrons. The number of rotatable bonds is 3. The molecule has 0 atom stereocenters. The van der Waals surface area contributed by atoms with Gasteiger partial charge in [0.1, 0.15) is 5.82 Å². The summed E-state index contributed by atoms with van der Waals surface area (Å²) in [7, 11) is 0. The molecule has 0 saturated carbocycles. The van der Waals surface area contributed by atoms with Gasteiger partial charge in [0.2, 0.25) is 0 Å². The summed E-state index contributed by atoms with van der Waals surface area (Å²) in [5, 5.41) is 1.68. The third kappa shape index (κ3) is 3.52. The normalized spacial score (nSPS) is 11.3. The average molecular weight is 393 g/mol. The van der Waals surface area contributed by atoms with E-state index in [9.17, 15) is 4.79 Å². The van der Waals surface area contributed by atoms with E-state index in [0.29, 0.717) is 26.8 Å². The number of hydrogen-bond acceptors (Lipinski definition) is 2. The van der Waals surface area contributed by atoms with Crippen molar-refractivity contribution in [3.05, 3.63) is 105 Å². The van der Waals surface area contributed by atoms with Crippen molar-refractivity contribution in [1.82, 2.24) is 9.55 Å². The van der Waals surface area contributed by atoms with Gasteiger partial charge in [0, 0.05) is 10.0 Å². The predicted molar refractivity (Wildman–Crippen MR) is 113 cm³/mol. The zero-order valence-corrected chi connectivity index (χ0v) is 15.7. The summed E-state index contributed by atoms with van der Waals surface area (Å²) in [6, 6.07) is 22.0. The molecule has 0 N–H and O–H groups in total. The minimum Gasteiger partial charge on any atom is -0.268 e. The van der Waals surface area contributed by atoms with Crippen LogP contribution < -0.4 is 5.56 Å². The summed E-state index contributed by atoms with van der Waals surface area (Å²) in [6.45, 7) is 0. The molecule has 3 nitrogen and oxygen atoms in total. The molecule has 0 aliphatic rings. The lowest BCUT2D eigenvalue weighted by molar-refractivity contribution is 0.944. The SMILES string of the molecule is O=c1c2ccccc2nc(/C=C/c2ccc(Cl)cc2Cl)n1-c1ccccc1. The third-order valence-corrected chi connectivity index (χ3v) is 4.75. The fraction of sp³-hybridized carbons (Fsp3) is 0. The Balaban J connectivity index is 1.93. The van der Waals surface area contributed by atoms with Crippen LogP contribution in [0.1, 0.15) is 11.4 Å². The van der Waals surface area contributed by atoms with Crippen molar-refractivity contribution in [1.29, 1.82) is 0 Å². The number of nitrogens with zero attached hydrogens (tertiary/aromatic N) is 2. The fourth-order valence-corrected chi connectivity index (χ4v) is 3.36. The molecule has 1 heterocycles. The quantitative estimate of drug-likeness (QED) is 0.437. The molecule has 0 radical (unpaired) electrons. The van der Waals surface area contributed by atoms with Gasteiger partial charge in [-0.1, -0.05) is 59.6 Å². The predicted octanol–water partition coefficient (Wildman–Crippen LogP) is 5.86. The molecular formula is C22H14Cl2N2O. The maximum absolute atomic E-state index is 13.1. The topological polar surface area (TPSA) is 34.9 Å². The summed E-state index contributed by atoms with van der Waals surface area (Å²) >= 11 is 12.2. The van der Waals surface area contributed by atoms with E-state index in [1.807, 2.05) is 60.7 Å². The highest BCUT2D eigenvalue weighted by Gasteiger charge is 2.10. The zero-order chi connectivity index (χ0) is 18.8. The Morgan fingerprint density at radius 1 is 0.852 bits per heavy atom. The largest absolute Gasteiger partial charge is 0.268 e. The molecule has 0 bridgehead atoms. The van der Waals surface area contributed by atoms with Crippen molar-refractivity contribution in [2.45, 2.75) is 0 Å². The van der Waals surface area contributed by atoms with E-state index < -0.39 is 0 Å². The first-order valence-corrected chi connectivity index (χ1v) is 9.09. The van der Waals surface area contributed by atoms with Crippen LogP contribution in [0.5, 0.6) is 0 Å². The Labute approximate surface area is 166 Å². The minimum atomic E-state index is -0.117. The zero-order valence-electron chi connectivity index (χ0n) is 14.1. The number of benzene rings is 3. The maximum Gasteiger partial charge on any atom is 0.266 e. The Kier molecular flexibility index (Phi) is 4.80. The summed E-state index contributed by atoms with van der Waals surface area (Å²) in [6.07, 6.45) is 3.62. The van der Waals surface area contributed by atoms with E-state index in [-0.39, 0.29) is 5.56 Å². The molecule has 3 aromatic carbocycles. The van der Waals surface area contributed by atoms with E-state index in [1.165, 1.54) is 0 Å². The van der Waals surface area contributed by atoms with E-state index in [1.54, 1.807) is 28.8 Å². The number of hydrogen-bond donors (Lipinski definition) is 0. The molecule has 1 aromatic heterocycles. The van der Waals surface area contributed by atoms with Crippen LogP contribution in [0.15, 0.2) is 77.6 Å². The van der Waals surface area contributed by atoms with Gasteiger partial charge in [-0.2, -0.15) is 0 Å². The first-order valence-electron chi connectivity index (χ1n) is 8.34. The van der Waals surface area contributed by atoms with Crippen LogP contribution in [0.4, 0.5) is 0 Å². The van der Waals surface area contributed by atoms with E-state index >= 15 is 0 Å². The van der Waals surface area contributed by atoms with Gasteiger partial charge in [-0.3, -0.25) is 9.36 Å². The van der Waals surface area contributed by atoms with Crippen LogP contribution in [-0.4, -0.2) is 9.55 Å². The highest BCUT2D eigenvalue weighted by molar-refractivity contribution is 6.35. The summed E-state index contributed by atoms with van der Waals surface area (Å²) in [4.78, 5) is 17.8. The van der Waals surface area contributed by atoms with Gasteiger partial charge in [0.25, 0.3) is 5.56 Å². The molecule has 5 heteroatoms. The van der Waals surface area contributed by atoms with Crippen LogP contribution in [0, 0.1) is 0 Å². The lowest BCUT2D eigenvalue weighted by Gasteiger charge is -2.11. The second kappa shape index (κ2) is 7.39. The lowest BCUT2D eigenvalue weighted by atomic mass is 10.2. The van der Waals surface area contributed by atoms with Crippen LogP contribution in [0.3, 0.4) is 0 Å². The van der Waals surface area contributed by atoms with Crippen LogP contribution in [0.2, 0.25) is 10.0 Å². The summed E-state index contributed by atoms with van der Waals surface area (Å²) in [5.74, 6) is 0.524. The Morgan fingerprint density at radius 2 is 1.59 bits per heavy atom. The fourth-order valence-electron chi connectivity index (χ4n) is 2.89. The Hall–Kier alpha value is -2.88. The minimum absolute atomic E-state index is 0.117. The van der Waals surface area contributed by atoms with Crippen LogP contribution >= 0.6 is 23.2 Å². The molecular weight excluding hydrogens is 379 g/mol. The molecule has 4 aromatic rings. The first-order chi connectivity index (χ1) is 13.1. The molecule has 0 saturated heterocycles.